The standard InChI is InChI=1S/C24H46N6O4/c1-29(2)17-13-25-21(31)9-5-7-11-23(33)27-15-19-30(3,4)20-16-28-24(34)12-8-6-10-22(32)26-14-18-29/h5-20H2,1-4H3,(H2-2,25,26,27,28,31,32,33,34)/p+2. The van der Waals surface area contributed by atoms with Crippen LogP contribution >= 0.6 is 0 Å². The van der Waals surface area contributed by atoms with E-state index in [1.54, 1.807) is 0 Å². The summed E-state index contributed by atoms with van der Waals surface area (Å²) < 4.78 is 1.38. The second-order valence-corrected chi connectivity index (χ2v) is 10.6. The first-order valence-electron chi connectivity index (χ1n) is 12.7. The minimum absolute atomic E-state index is 0.0151. The highest BCUT2D eigenvalue weighted by Crippen LogP contribution is 2.03. The van der Waals surface area contributed by atoms with Crippen molar-refractivity contribution in [1.82, 2.24) is 21.3 Å². The number of carbonyl (C=O) groups is 4. The predicted octanol–water partition coefficient (Wildman–Crippen LogP) is -0.262. The summed E-state index contributed by atoms with van der Waals surface area (Å²) in [6.45, 7) is 5.41. The number of hydrogen-bond acceptors (Lipinski definition) is 4. The first-order valence-corrected chi connectivity index (χ1v) is 12.7. The Kier molecular flexibility index (Phi) is 13.7. The summed E-state index contributed by atoms with van der Waals surface area (Å²) in [5.74, 6) is 0.0603. The van der Waals surface area contributed by atoms with Gasteiger partial charge < -0.3 is 30.2 Å². The molecule has 4 amide bonds. The van der Waals surface area contributed by atoms with Gasteiger partial charge in [-0.25, -0.2) is 0 Å². The summed E-state index contributed by atoms with van der Waals surface area (Å²) in [7, 11) is 8.30. The van der Waals surface area contributed by atoms with E-state index in [-0.39, 0.29) is 23.6 Å². The lowest BCUT2D eigenvalue weighted by atomic mass is 10.1. The Morgan fingerprint density at radius 3 is 0.853 bits per heavy atom. The van der Waals surface area contributed by atoms with Gasteiger partial charge in [0.15, 0.2) is 0 Å². The maximum Gasteiger partial charge on any atom is 0.220 e. The molecule has 0 spiro atoms. The molecule has 1 heterocycles. The summed E-state index contributed by atoms with van der Waals surface area (Å²) in [5.41, 5.74) is 0. The molecule has 10 heteroatoms. The molecular formula is C24H48N6O4+2. The van der Waals surface area contributed by atoms with Gasteiger partial charge in [0.1, 0.15) is 0 Å². The van der Waals surface area contributed by atoms with Crippen molar-refractivity contribution in [2.45, 2.75) is 51.4 Å². The van der Waals surface area contributed by atoms with Crippen molar-refractivity contribution < 1.29 is 28.1 Å². The maximum absolute atomic E-state index is 12.1. The monoisotopic (exact) mass is 484 g/mol. The van der Waals surface area contributed by atoms with Crippen molar-refractivity contribution in [1.29, 1.82) is 0 Å². The first-order chi connectivity index (χ1) is 16.0. The Morgan fingerprint density at radius 2 is 0.647 bits per heavy atom. The van der Waals surface area contributed by atoms with Crippen LogP contribution in [0, 0.1) is 0 Å². The molecule has 0 aromatic heterocycles. The van der Waals surface area contributed by atoms with Gasteiger partial charge in [0.25, 0.3) is 0 Å². The number of carbonyl (C=O) groups excluding carboxylic acids is 4. The van der Waals surface area contributed by atoms with Gasteiger partial charge in [0.2, 0.25) is 23.6 Å². The highest BCUT2D eigenvalue weighted by Gasteiger charge is 2.17. The molecule has 0 aliphatic carbocycles. The minimum atomic E-state index is 0.0151. The molecule has 1 aliphatic heterocycles. The van der Waals surface area contributed by atoms with Crippen LogP contribution in [0.5, 0.6) is 0 Å². The third-order valence-corrected chi connectivity index (χ3v) is 6.27. The molecule has 0 saturated carbocycles. The van der Waals surface area contributed by atoms with Crippen LogP contribution in [0.25, 0.3) is 0 Å². The quantitative estimate of drug-likeness (QED) is 0.355. The van der Waals surface area contributed by atoms with Crippen LogP contribution in [0.2, 0.25) is 0 Å². The average Bonchev–Trinajstić information content (AvgIpc) is 2.73. The molecule has 1 fully saturated rings. The third-order valence-electron chi connectivity index (χ3n) is 6.27. The second kappa shape index (κ2) is 15.7. The van der Waals surface area contributed by atoms with Crippen LogP contribution in [0.3, 0.4) is 0 Å². The van der Waals surface area contributed by atoms with E-state index in [1.165, 1.54) is 0 Å². The normalized spacial score (nSPS) is 23.6. The van der Waals surface area contributed by atoms with E-state index in [9.17, 15) is 19.2 Å². The molecule has 0 aromatic rings. The van der Waals surface area contributed by atoms with Gasteiger partial charge in [-0.1, -0.05) is 0 Å². The van der Waals surface area contributed by atoms with Crippen LogP contribution in [0.1, 0.15) is 51.4 Å². The van der Waals surface area contributed by atoms with Gasteiger partial charge in [-0.15, -0.1) is 0 Å². The number of nitrogens with one attached hydrogen (secondary N) is 4. The molecule has 0 radical (unpaired) electrons. The van der Waals surface area contributed by atoms with Gasteiger partial charge >= 0.3 is 0 Å². The molecule has 1 rings (SSSR count). The Morgan fingerprint density at radius 1 is 0.441 bits per heavy atom. The van der Waals surface area contributed by atoms with Crippen molar-refractivity contribution in [2.24, 2.45) is 0 Å². The lowest BCUT2D eigenvalue weighted by molar-refractivity contribution is -0.887. The number of nitrogens with zero attached hydrogens (tertiary/aromatic N) is 2. The molecule has 0 bridgehead atoms. The fourth-order valence-electron chi connectivity index (χ4n) is 3.71. The van der Waals surface area contributed by atoms with Crippen LogP contribution < -0.4 is 21.3 Å². The topological polar surface area (TPSA) is 116 Å². The molecule has 10 nitrogen and oxygen atoms in total. The second-order valence-electron chi connectivity index (χ2n) is 10.6. The van der Waals surface area contributed by atoms with Crippen molar-refractivity contribution in [3.8, 4) is 0 Å². The summed E-state index contributed by atoms with van der Waals surface area (Å²) >= 11 is 0. The SMILES string of the molecule is C[N+]1(C)CCNC(=O)CCCCC(=O)NCC[N+](C)(C)CCNC(=O)CCCCC(=O)NCC1. The molecule has 0 atom stereocenters. The number of rotatable bonds is 0. The molecule has 1 saturated heterocycles. The predicted molar refractivity (Wildman–Crippen MR) is 133 cm³/mol. The average molecular weight is 485 g/mol. The largest absolute Gasteiger partial charge is 0.350 e. The third kappa shape index (κ3) is 15.6. The fraction of sp³-hybridized carbons (Fsp3) is 0.833. The smallest absolute Gasteiger partial charge is 0.220 e. The lowest BCUT2D eigenvalue weighted by Gasteiger charge is -2.30. The van der Waals surface area contributed by atoms with Gasteiger partial charge in [0, 0.05) is 25.7 Å². The molecular weight excluding hydrogens is 436 g/mol. The maximum atomic E-state index is 12.1. The van der Waals surface area contributed by atoms with Gasteiger partial charge in [0.05, 0.1) is 80.5 Å². The summed E-state index contributed by atoms with van der Waals surface area (Å²) in [6, 6.07) is 0. The zero-order valence-electron chi connectivity index (χ0n) is 21.8. The van der Waals surface area contributed by atoms with Crippen molar-refractivity contribution in [3.63, 3.8) is 0 Å². The Labute approximate surface area is 205 Å². The minimum Gasteiger partial charge on any atom is -0.350 e. The van der Waals surface area contributed by atoms with Crippen molar-refractivity contribution in [2.75, 3.05) is 80.5 Å². The number of likely N-dealkylation sites (N-methyl/N-ethyl adjacent to an activating group) is 2. The van der Waals surface area contributed by atoms with Crippen molar-refractivity contribution >= 4 is 23.6 Å². The number of hydrogen-bond donors (Lipinski definition) is 4. The van der Waals surface area contributed by atoms with Crippen LogP contribution in [0.4, 0.5) is 0 Å². The Bertz CT molecular complexity index is 558. The number of amides is 4. The van der Waals surface area contributed by atoms with Crippen LogP contribution in [-0.4, -0.2) is 113 Å². The highest BCUT2D eigenvalue weighted by molar-refractivity contribution is 5.77. The van der Waals surface area contributed by atoms with Gasteiger partial charge in [-0.2, -0.15) is 0 Å². The first kappa shape index (κ1) is 29.8. The lowest BCUT2D eigenvalue weighted by Crippen LogP contribution is -2.49. The number of quaternary nitrogens is 2. The van der Waals surface area contributed by atoms with E-state index in [1.807, 2.05) is 0 Å². The van der Waals surface area contributed by atoms with Crippen LogP contribution in [0.15, 0.2) is 0 Å². The molecule has 196 valence electrons. The molecule has 1 aliphatic rings. The van der Waals surface area contributed by atoms with Crippen molar-refractivity contribution in [3.05, 3.63) is 0 Å². The van der Waals surface area contributed by atoms with E-state index >= 15 is 0 Å². The zero-order valence-corrected chi connectivity index (χ0v) is 21.8. The van der Waals surface area contributed by atoms with E-state index in [2.05, 4.69) is 49.5 Å². The zero-order chi connectivity index (χ0) is 25.5. The summed E-state index contributed by atoms with van der Waals surface area (Å²) in [4.78, 5) is 48.3. The van der Waals surface area contributed by atoms with Gasteiger partial charge in [-0.05, 0) is 25.7 Å². The van der Waals surface area contributed by atoms with E-state index in [0.717, 1.165) is 26.2 Å². The summed E-state index contributed by atoms with van der Waals surface area (Å²) in [6.07, 6.45) is 4.43. The Balaban J connectivity index is 2.52. The van der Waals surface area contributed by atoms with Crippen LogP contribution in [-0.2, 0) is 19.2 Å². The highest BCUT2D eigenvalue weighted by atomic mass is 16.2. The fourth-order valence-corrected chi connectivity index (χ4v) is 3.71. The van der Waals surface area contributed by atoms with E-state index in [4.69, 9.17) is 0 Å². The van der Waals surface area contributed by atoms with E-state index < -0.39 is 0 Å². The molecule has 0 unspecified atom stereocenters. The van der Waals surface area contributed by atoms with Gasteiger partial charge in [-0.3, -0.25) is 19.2 Å². The molecule has 0 aromatic carbocycles. The Hall–Kier alpha value is -2.20. The van der Waals surface area contributed by atoms with E-state index in [0.29, 0.717) is 86.5 Å². The summed E-state index contributed by atoms with van der Waals surface area (Å²) in [5, 5.41) is 11.8. The molecule has 34 heavy (non-hydrogen) atoms. The molecule has 4 N–H and O–H groups in total.